The molecule has 2 rings (SSSR count). The van der Waals surface area contributed by atoms with Gasteiger partial charge >= 0.3 is 0 Å². The van der Waals surface area contributed by atoms with Gasteiger partial charge in [-0.05, 0) is 57.6 Å². The number of guanidine groups is 1. The van der Waals surface area contributed by atoms with Gasteiger partial charge in [0.25, 0.3) is 0 Å². The van der Waals surface area contributed by atoms with E-state index >= 15 is 0 Å². The average molecular weight is 537 g/mol. The molecule has 0 radical (unpaired) electrons. The first-order valence-electron chi connectivity index (χ1n) is 8.96. The second-order valence-corrected chi connectivity index (χ2v) is 9.57. The van der Waals surface area contributed by atoms with Crippen molar-refractivity contribution >= 4 is 51.3 Å². The van der Waals surface area contributed by atoms with Crippen molar-refractivity contribution in [1.82, 2.24) is 15.4 Å². The van der Waals surface area contributed by atoms with Gasteiger partial charge in [-0.1, -0.05) is 12.1 Å². The summed E-state index contributed by atoms with van der Waals surface area (Å²) < 4.78 is 26.2. The first kappa shape index (κ1) is 24.9. The maximum Gasteiger partial charge on any atom is 0.240 e. The van der Waals surface area contributed by atoms with E-state index in [1.807, 2.05) is 24.3 Å². The number of hydrogen-bond acceptors (Lipinski definition) is 4. The van der Waals surface area contributed by atoms with Gasteiger partial charge in [-0.25, -0.2) is 18.1 Å². The summed E-state index contributed by atoms with van der Waals surface area (Å²) in [7, 11) is -2.04. The van der Waals surface area contributed by atoms with Crippen molar-refractivity contribution < 1.29 is 8.42 Å². The standard InChI is InChI=1S/C19H28N4O2S2.HI/c1-5-21-19(23-14(2)11-17-10-9-15(3)26-17)22-13-16-7-6-8-18(12-16)27(24,25)20-4;/h6-10,12,14,20H,5,11,13H2,1-4H3,(H2,21,22,23);1H. The van der Waals surface area contributed by atoms with Gasteiger partial charge in [0.2, 0.25) is 10.0 Å². The van der Waals surface area contributed by atoms with E-state index in [1.54, 1.807) is 18.2 Å². The van der Waals surface area contributed by atoms with Crippen molar-refractivity contribution in [3.05, 3.63) is 51.7 Å². The lowest BCUT2D eigenvalue weighted by Crippen LogP contribution is -2.43. The number of nitrogens with one attached hydrogen (secondary N) is 3. The Labute approximate surface area is 189 Å². The molecule has 28 heavy (non-hydrogen) atoms. The van der Waals surface area contributed by atoms with E-state index < -0.39 is 10.0 Å². The van der Waals surface area contributed by atoms with Crippen LogP contribution in [0.2, 0.25) is 0 Å². The molecule has 1 atom stereocenters. The molecule has 0 fully saturated rings. The molecule has 2 aromatic rings. The second kappa shape index (κ2) is 11.7. The number of sulfonamides is 1. The van der Waals surface area contributed by atoms with E-state index in [1.165, 1.54) is 16.8 Å². The molecule has 3 N–H and O–H groups in total. The molecular weight excluding hydrogens is 507 g/mol. The average Bonchev–Trinajstić information content (AvgIpc) is 3.04. The van der Waals surface area contributed by atoms with Gasteiger partial charge in [-0.2, -0.15) is 0 Å². The number of hydrogen-bond donors (Lipinski definition) is 3. The van der Waals surface area contributed by atoms with Gasteiger partial charge in [-0.3, -0.25) is 0 Å². The van der Waals surface area contributed by atoms with E-state index in [9.17, 15) is 8.42 Å². The topological polar surface area (TPSA) is 82.6 Å². The number of thiophene rings is 1. The highest BCUT2D eigenvalue weighted by molar-refractivity contribution is 14.0. The van der Waals surface area contributed by atoms with Crippen LogP contribution in [-0.2, 0) is 23.0 Å². The van der Waals surface area contributed by atoms with Crippen LogP contribution in [0.4, 0.5) is 0 Å². The number of halogens is 1. The molecule has 156 valence electrons. The van der Waals surface area contributed by atoms with Crippen LogP contribution in [0.5, 0.6) is 0 Å². The molecule has 0 amide bonds. The Morgan fingerprint density at radius 3 is 2.61 bits per heavy atom. The van der Waals surface area contributed by atoms with Crippen LogP contribution in [0.3, 0.4) is 0 Å². The normalized spacial score (nSPS) is 12.9. The van der Waals surface area contributed by atoms with Gasteiger partial charge in [0.1, 0.15) is 0 Å². The molecule has 0 saturated heterocycles. The van der Waals surface area contributed by atoms with E-state index in [-0.39, 0.29) is 34.9 Å². The van der Waals surface area contributed by atoms with Gasteiger partial charge in [0.15, 0.2) is 5.96 Å². The molecule has 0 bridgehead atoms. The molecule has 1 aromatic heterocycles. The van der Waals surface area contributed by atoms with Crippen molar-refractivity contribution in [1.29, 1.82) is 0 Å². The number of nitrogens with zero attached hydrogens (tertiary/aromatic N) is 1. The fraction of sp³-hybridized carbons (Fsp3) is 0.421. The van der Waals surface area contributed by atoms with Gasteiger partial charge in [-0.15, -0.1) is 35.3 Å². The van der Waals surface area contributed by atoms with Crippen molar-refractivity contribution in [3.8, 4) is 0 Å². The molecule has 6 nitrogen and oxygen atoms in total. The molecule has 0 aliphatic rings. The summed E-state index contributed by atoms with van der Waals surface area (Å²) >= 11 is 1.81. The summed E-state index contributed by atoms with van der Waals surface area (Å²) in [6.45, 7) is 7.41. The summed E-state index contributed by atoms with van der Waals surface area (Å²) in [6, 6.07) is 11.4. The van der Waals surface area contributed by atoms with Crippen LogP contribution < -0.4 is 15.4 Å². The highest BCUT2D eigenvalue weighted by Crippen LogP contribution is 2.16. The quantitative estimate of drug-likeness (QED) is 0.275. The van der Waals surface area contributed by atoms with Crippen LogP contribution in [0.1, 0.15) is 29.2 Å². The lowest BCUT2D eigenvalue weighted by atomic mass is 10.2. The first-order valence-corrected chi connectivity index (χ1v) is 11.3. The van der Waals surface area contributed by atoms with Gasteiger partial charge < -0.3 is 10.6 Å². The van der Waals surface area contributed by atoms with Crippen LogP contribution in [0.15, 0.2) is 46.3 Å². The third-order valence-electron chi connectivity index (χ3n) is 3.93. The minimum Gasteiger partial charge on any atom is -0.357 e. The zero-order valence-electron chi connectivity index (χ0n) is 16.7. The summed E-state index contributed by atoms with van der Waals surface area (Å²) in [5.41, 5.74) is 0.838. The van der Waals surface area contributed by atoms with Crippen molar-refractivity contribution in [3.63, 3.8) is 0 Å². The van der Waals surface area contributed by atoms with Crippen LogP contribution >= 0.6 is 35.3 Å². The molecule has 1 heterocycles. The SMILES string of the molecule is CCNC(=NCc1cccc(S(=O)(=O)NC)c1)NC(C)Cc1ccc(C)s1.I. The Morgan fingerprint density at radius 2 is 2.00 bits per heavy atom. The Balaban J connectivity index is 0.00000392. The van der Waals surface area contributed by atoms with Crippen molar-refractivity contribution in [2.45, 2.75) is 44.7 Å². The maximum absolute atomic E-state index is 11.9. The summed E-state index contributed by atoms with van der Waals surface area (Å²) in [6.07, 6.45) is 0.929. The van der Waals surface area contributed by atoms with Crippen LogP contribution in [-0.4, -0.2) is 34.0 Å². The summed E-state index contributed by atoms with van der Waals surface area (Å²) in [5.74, 6) is 0.722. The highest BCUT2D eigenvalue weighted by Gasteiger charge is 2.12. The van der Waals surface area contributed by atoms with E-state index in [4.69, 9.17) is 0 Å². The number of rotatable bonds is 8. The minimum atomic E-state index is -3.45. The van der Waals surface area contributed by atoms with E-state index in [2.05, 4.69) is 46.3 Å². The monoisotopic (exact) mass is 536 g/mol. The predicted octanol–water partition coefficient (Wildman–Crippen LogP) is 3.27. The molecule has 9 heteroatoms. The Hall–Kier alpha value is -1.17. The lowest BCUT2D eigenvalue weighted by molar-refractivity contribution is 0.588. The van der Waals surface area contributed by atoms with Crippen molar-refractivity contribution in [2.75, 3.05) is 13.6 Å². The molecule has 1 unspecified atom stereocenters. The lowest BCUT2D eigenvalue weighted by Gasteiger charge is -2.17. The third kappa shape index (κ3) is 7.69. The molecule has 0 saturated carbocycles. The largest absolute Gasteiger partial charge is 0.357 e. The van der Waals surface area contributed by atoms with E-state index in [0.29, 0.717) is 6.54 Å². The molecular formula is C19H29IN4O2S2. The molecule has 0 aliphatic carbocycles. The van der Waals surface area contributed by atoms with E-state index in [0.717, 1.165) is 24.5 Å². The number of aliphatic imine (C=N–C) groups is 1. The fourth-order valence-electron chi connectivity index (χ4n) is 2.60. The summed E-state index contributed by atoms with van der Waals surface area (Å²) in [5, 5.41) is 6.66. The fourth-order valence-corrected chi connectivity index (χ4v) is 4.42. The maximum atomic E-state index is 11.9. The minimum absolute atomic E-state index is 0. The second-order valence-electron chi connectivity index (χ2n) is 6.31. The van der Waals surface area contributed by atoms with Crippen molar-refractivity contribution in [2.24, 2.45) is 4.99 Å². The highest BCUT2D eigenvalue weighted by atomic mass is 127. The first-order chi connectivity index (χ1) is 12.8. The Morgan fingerprint density at radius 1 is 1.25 bits per heavy atom. The Bertz CT molecular complexity index is 882. The van der Waals surface area contributed by atoms with Crippen LogP contribution in [0.25, 0.3) is 0 Å². The number of benzene rings is 1. The zero-order valence-corrected chi connectivity index (χ0v) is 20.6. The summed E-state index contributed by atoms with van der Waals surface area (Å²) in [4.78, 5) is 7.50. The third-order valence-corrected chi connectivity index (χ3v) is 6.36. The zero-order chi connectivity index (χ0) is 19.9. The van der Waals surface area contributed by atoms with Crippen LogP contribution in [0, 0.1) is 6.92 Å². The molecule has 0 aliphatic heterocycles. The molecule has 0 spiro atoms. The van der Waals surface area contributed by atoms with Gasteiger partial charge in [0, 0.05) is 28.8 Å². The molecule has 1 aromatic carbocycles. The Kier molecular flexibility index (Phi) is 10.4. The van der Waals surface area contributed by atoms with Gasteiger partial charge in [0.05, 0.1) is 11.4 Å². The smallest absolute Gasteiger partial charge is 0.240 e. The number of aryl methyl sites for hydroxylation is 1. The predicted molar refractivity (Wildman–Crippen MR) is 128 cm³/mol.